The number of carbonyl (C=O) groups excluding carboxylic acids is 3. The van der Waals surface area contributed by atoms with E-state index in [1.54, 1.807) is 21.1 Å². The highest BCUT2D eigenvalue weighted by atomic mass is 16.6. The molecule has 2 unspecified atom stereocenters. The number of carbonyl (C=O) groups is 3. The molecule has 0 N–H and O–H groups in total. The SMILES string of the molecule is CC/C=C/C=C/C=C/C=C/C=C/C=C/CCCCCC(=O)OCC(COCCC(C(=O)[O-])[N+](C)(C)C)OC(=O)CCCCCCCCCCCCCCCCCCCC. The van der Waals surface area contributed by atoms with Crippen LogP contribution in [-0.2, 0) is 28.6 Å². The van der Waals surface area contributed by atoms with Gasteiger partial charge in [-0.25, -0.2) is 0 Å². The number of hydrogen-bond donors (Lipinski definition) is 0. The van der Waals surface area contributed by atoms with Gasteiger partial charge in [-0.15, -0.1) is 0 Å². The molecule has 0 rings (SSSR count). The number of ether oxygens (including phenoxy) is 3. The predicted octanol–water partition coefficient (Wildman–Crippen LogP) is 11.8. The van der Waals surface area contributed by atoms with Crippen molar-refractivity contribution in [2.24, 2.45) is 0 Å². The number of carboxylic acids is 1. The molecule has 0 aliphatic heterocycles. The molecule has 0 bridgehead atoms. The first-order chi connectivity index (χ1) is 28.6. The summed E-state index contributed by atoms with van der Waals surface area (Å²) in [7, 11) is 5.39. The van der Waals surface area contributed by atoms with Gasteiger partial charge in [0, 0.05) is 19.3 Å². The molecule has 0 amide bonds. The monoisotopic (exact) mass is 826 g/mol. The Kier molecular flexibility index (Phi) is 39.2. The standard InChI is InChI=1S/C51H87NO7/c1-6-8-10-12-14-16-18-20-22-24-26-28-30-32-34-36-38-40-42-50(54)59-47(45-57-44-43-48(51(55)56)52(3,4)5)46-58-49(53)41-39-37-35-33-31-29-27-25-23-21-19-17-15-13-11-9-7-2/h9,11,13,15,17,19,21,23,25,27,29,31,47-48H,6-8,10,12,14,16,18,20,22,24,26,28,30,32-46H2,1-5H3/b11-9+,15-13+,19-17+,23-21+,27-25+,31-29+. The number of carboxylic acid groups (broad SMARTS) is 1. The zero-order chi connectivity index (χ0) is 43.5. The number of rotatable bonds is 41. The number of quaternary nitrogens is 1. The first-order valence-corrected chi connectivity index (χ1v) is 23.5. The number of likely N-dealkylation sites (N-methyl/N-ethyl adjacent to an activating group) is 1. The van der Waals surface area contributed by atoms with Gasteiger partial charge in [0.05, 0.1) is 40.3 Å². The van der Waals surface area contributed by atoms with Crippen LogP contribution in [0.4, 0.5) is 0 Å². The summed E-state index contributed by atoms with van der Waals surface area (Å²) >= 11 is 0. The van der Waals surface area contributed by atoms with Crippen LogP contribution in [0.25, 0.3) is 0 Å². The van der Waals surface area contributed by atoms with Crippen molar-refractivity contribution in [3.8, 4) is 0 Å². The zero-order valence-corrected chi connectivity index (χ0v) is 38.4. The highest BCUT2D eigenvalue weighted by Gasteiger charge is 2.25. The molecule has 2 atom stereocenters. The van der Waals surface area contributed by atoms with Gasteiger partial charge in [-0.05, 0) is 32.1 Å². The molecule has 0 aromatic carbocycles. The number of aliphatic carboxylic acids is 1. The van der Waals surface area contributed by atoms with Gasteiger partial charge < -0.3 is 28.6 Å². The quantitative estimate of drug-likeness (QED) is 0.0262. The fourth-order valence-corrected chi connectivity index (χ4v) is 6.63. The topological polar surface area (TPSA) is 102 Å². The third-order valence-corrected chi connectivity index (χ3v) is 10.3. The van der Waals surface area contributed by atoms with Crippen LogP contribution in [0.15, 0.2) is 72.9 Å². The average molecular weight is 826 g/mol. The van der Waals surface area contributed by atoms with Crippen molar-refractivity contribution in [2.45, 2.75) is 193 Å². The molecular weight excluding hydrogens is 739 g/mol. The Morgan fingerprint density at radius 2 is 0.949 bits per heavy atom. The van der Waals surface area contributed by atoms with Gasteiger partial charge in [-0.1, -0.05) is 202 Å². The van der Waals surface area contributed by atoms with Crippen LogP contribution < -0.4 is 5.11 Å². The Morgan fingerprint density at radius 1 is 0.525 bits per heavy atom. The number of hydrogen-bond acceptors (Lipinski definition) is 7. The molecule has 338 valence electrons. The van der Waals surface area contributed by atoms with Crippen molar-refractivity contribution in [3.05, 3.63) is 72.9 Å². The summed E-state index contributed by atoms with van der Waals surface area (Å²) in [6.45, 7) is 4.48. The lowest BCUT2D eigenvalue weighted by atomic mass is 10.0. The lowest BCUT2D eigenvalue weighted by Gasteiger charge is -2.34. The van der Waals surface area contributed by atoms with Gasteiger partial charge in [0.25, 0.3) is 0 Å². The van der Waals surface area contributed by atoms with E-state index in [-0.39, 0.29) is 42.7 Å². The van der Waals surface area contributed by atoms with E-state index in [1.165, 1.54) is 96.3 Å². The molecule has 0 aromatic rings. The molecule has 0 fully saturated rings. The maximum Gasteiger partial charge on any atom is 0.306 e. The first kappa shape index (κ1) is 55.8. The fourth-order valence-electron chi connectivity index (χ4n) is 6.63. The highest BCUT2D eigenvalue weighted by molar-refractivity contribution is 5.70. The Bertz CT molecular complexity index is 1190. The first-order valence-electron chi connectivity index (χ1n) is 23.5. The van der Waals surface area contributed by atoms with Gasteiger partial charge >= 0.3 is 11.9 Å². The van der Waals surface area contributed by atoms with E-state index in [1.807, 2.05) is 60.8 Å². The molecule has 0 heterocycles. The molecular formula is C51H87NO7. The maximum atomic E-state index is 12.8. The number of esters is 2. The molecule has 8 nitrogen and oxygen atoms in total. The summed E-state index contributed by atoms with van der Waals surface area (Å²) < 4.78 is 17.2. The molecule has 0 radical (unpaired) electrons. The van der Waals surface area contributed by atoms with Crippen molar-refractivity contribution < 1.29 is 38.2 Å². The second-order valence-electron chi connectivity index (χ2n) is 16.8. The van der Waals surface area contributed by atoms with Crippen LogP contribution in [-0.4, -0.2) is 75.5 Å². The third kappa shape index (κ3) is 40.0. The minimum absolute atomic E-state index is 0.0244. The molecule has 0 aromatic heterocycles. The number of nitrogens with zero attached hydrogens (tertiary/aromatic N) is 1. The van der Waals surface area contributed by atoms with Crippen molar-refractivity contribution in [1.82, 2.24) is 0 Å². The van der Waals surface area contributed by atoms with Gasteiger partial charge in [0.15, 0.2) is 6.10 Å². The second kappa shape index (κ2) is 41.5. The summed E-state index contributed by atoms with van der Waals surface area (Å²) in [5, 5.41) is 11.6. The Hall–Kier alpha value is -3.23. The Balaban J connectivity index is 4.38. The average Bonchev–Trinajstić information content (AvgIpc) is 3.19. The molecule has 0 spiro atoms. The summed E-state index contributed by atoms with van der Waals surface area (Å²) in [6.07, 6.45) is 52.1. The molecule has 0 aliphatic rings. The van der Waals surface area contributed by atoms with E-state index < -0.39 is 18.1 Å². The van der Waals surface area contributed by atoms with Gasteiger partial charge in [-0.2, -0.15) is 0 Å². The highest BCUT2D eigenvalue weighted by Crippen LogP contribution is 2.15. The smallest absolute Gasteiger partial charge is 0.306 e. The van der Waals surface area contributed by atoms with Crippen molar-refractivity contribution in [2.75, 3.05) is 41.0 Å². The molecule has 0 saturated heterocycles. The summed E-state index contributed by atoms with van der Waals surface area (Å²) in [6, 6.07) is -0.735. The molecule has 8 heteroatoms. The second-order valence-corrected chi connectivity index (χ2v) is 16.8. The van der Waals surface area contributed by atoms with Crippen LogP contribution in [0.5, 0.6) is 0 Å². The molecule has 0 aliphatic carbocycles. The lowest BCUT2D eigenvalue weighted by molar-refractivity contribution is -0.889. The van der Waals surface area contributed by atoms with E-state index in [9.17, 15) is 19.5 Å². The Morgan fingerprint density at radius 3 is 1.41 bits per heavy atom. The van der Waals surface area contributed by atoms with Crippen LogP contribution in [0.3, 0.4) is 0 Å². The van der Waals surface area contributed by atoms with Crippen LogP contribution in [0.2, 0.25) is 0 Å². The van der Waals surface area contributed by atoms with E-state index >= 15 is 0 Å². The van der Waals surface area contributed by atoms with E-state index in [0.29, 0.717) is 12.8 Å². The van der Waals surface area contributed by atoms with E-state index in [4.69, 9.17) is 14.2 Å². The van der Waals surface area contributed by atoms with E-state index in [0.717, 1.165) is 51.4 Å². The number of unbranched alkanes of at least 4 members (excludes halogenated alkanes) is 20. The minimum atomic E-state index is -1.13. The zero-order valence-electron chi connectivity index (χ0n) is 38.4. The largest absolute Gasteiger partial charge is 0.544 e. The lowest BCUT2D eigenvalue weighted by Crippen LogP contribution is -2.55. The van der Waals surface area contributed by atoms with Gasteiger partial charge in [0.1, 0.15) is 12.6 Å². The van der Waals surface area contributed by atoms with Gasteiger partial charge in [0.2, 0.25) is 0 Å². The minimum Gasteiger partial charge on any atom is -0.544 e. The van der Waals surface area contributed by atoms with Crippen LogP contribution in [0, 0.1) is 0 Å². The predicted molar refractivity (Wildman–Crippen MR) is 245 cm³/mol. The normalized spacial score (nSPS) is 13.6. The van der Waals surface area contributed by atoms with Crippen LogP contribution >= 0.6 is 0 Å². The van der Waals surface area contributed by atoms with Crippen LogP contribution in [0.1, 0.15) is 181 Å². The van der Waals surface area contributed by atoms with Crippen molar-refractivity contribution in [3.63, 3.8) is 0 Å². The van der Waals surface area contributed by atoms with E-state index in [2.05, 4.69) is 26.0 Å². The maximum absolute atomic E-state index is 12.8. The molecule has 59 heavy (non-hydrogen) atoms. The summed E-state index contributed by atoms with van der Waals surface area (Å²) in [4.78, 5) is 36.9. The summed E-state index contributed by atoms with van der Waals surface area (Å²) in [5.74, 6) is -1.79. The van der Waals surface area contributed by atoms with Crippen molar-refractivity contribution in [1.29, 1.82) is 0 Å². The van der Waals surface area contributed by atoms with Gasteiger partial charge in [-0.3, -0.25) is 9.59 Å². The Labute approximate surface area is 361 Å². The third-order valence-electron chi connectivity index (χ3n) is 10.3. The fraction of sp³-hybridized carbons (Fsp3) is 0.706. The summed E-state index contributed by atoms with van der Waals surface area (Å²) in [5.41, 5.74) is 0. The number of allylic oxidation sites excluding steroid dienone is 12. The van der Waals surface area contributed by atoms with Crippen molar-refractivity contribution >= 4 is 17.9 Å². The molecule has 0 saturated carbocycles.